The lowest BCUT2D eigenvalue weighted by Crippen LogP contribution is -2.21. The third kappa shape index (κ3) is 3.73. The first kappa shape index (κ1) is 17.1. The van der Waals surface area contributed by atoms with E-state index >= 15 is 0 Å². The van der Waals surface area contributed by atoms with Gasteiger partial charge >= 0.3 is 0 Å². The van der Waals surface area contributed by atoms with Crippen molar-refractivity contribution in [2.75, 3.05) is 31.8 Å². The molecule has 0 fully saturated rings. The molecule has 0 spiro atoms. The third-order valence-corrected chi connectivity index (χ3v) is 3.22. The second kappa shape index (κ2) is 7.33. The topological polar surface area (TPSA) is 104 Å². The summed E-state index contributed by atoms with van der Waals surface area (Å²) in [4.78, 5) is 17.7. The van der Waals surface area contributed by atoms with Crippen molar-refractivity contribution in [1.82, 2.24) is 9.88 Å². The smallest absolute Gasteiger partial charge is 0.253 e. The number of carbonyl (C=O) groups is 1. The van der Waals surface area contributed by atoms with Crippen LogP contribution in [0.1, 0.15) is 22.8 Å². The van der Waals surface area contributed by atoms with Crippen molar-refractivity contribution in [2.45, 2.75) is 6.92 Å². The summed E-state index contributed by atoms with van der Waals surface area (Å²) in [6.45, 7) is 2.19. The van der Waals surface area contributed by atoms with E-state index in [2.05, 4.69) is 10.3 Å². The molecule has 1 heterocycles. The van der Waals surface area contributed by atoms with Gasteiger partial charge in [0.2, 0.25) is 5.88 Å². The molecule has 0 bridgehead atoms. The highest BCUT2D eigenvalue weighted by atomic mass is 16.5. The average Bonchev–Trinajstić information content (AvgIpc) is 2.55. The van der Waals surface area contributed by atoms with Gasteiger partial charge < -0.3 is 20.7 Å². The Morgan fingerprint density at radius 1 is 1.38 bits per heavy atom. The fraction of sp³-hybridized carbons (Fsp3) is 0.235. The average molecular weight is 325 g/mol. The van der Waals surface area contributed by atoms with Crippen LogP contribution in [0.2, 0.25) is 0 Å². The van der Waals surface area contributed by atoms with E-state index in [4.69, 9.17) is 15.7 Å². The van der Waals surface area contributed by atoms with Crippen LogP contribution in [0.3, 0.4) is 0 Å². The number of nitrogens with one attached hydrogen (secondary N) is 1. The van der Waals surface area contributed by atoms with E-state index in [9.17, 15) is 4.79 Å². The van der Waals surface area contributed by atoms with Crippen molar-refractivity contribution in [3.05, 3.63) is 41.5 Å². The highest BCUT2D eigenvalue weighted by molar-refractivity contribution is 5.94. The van der Waals surface area contributed by atoms with Gasteiger partial charge in [0.25, 0.3) is 5.91 Å². The minimum Gasteiger partial charge on any atom is -0.477 e. The zero-order valence-electron chi connectivity index (χ0n) is 13.8. The fourth-order valence-corrected chi connectivity index (χ4v) is 2.06. The van der Waals surface area contributed by atoms with Crippen molar-refractivity contribution < 1.29 is 9.53 Å². The van der Waals surface area contributed by atoms with Crippen LogP contribution < -0.4 is 15.8 Å². The zero-order valence-corrected chi connectivity index (χ0v) is 13.8. The van der Waals surface area contributed by atoms with E-state index in [-0.39, 0.29) is 23.0 Å². The number of pyridine rings is 1. The van der Waals surface area contributed by atoms with Crippen LogP contribution in [0.4, 0.5) is 17.2 Å². The summed E-state index contributed by atoms with van der Waals surface area (Å²) in [5, 5.41) is 12.2. The highest BCUT2D eigenvalue weighted by Crippen LogP contribution is 2.27. The summed E-state index contributed by atoms with van der Waals surface area (Å²) in [5.74, 6) is 0.587. The Balaban J connectivity index is 2.25. The van der Waals surface area contributed by atoms with Crippen LogP contribution in [0.5, 0.6) is 5.88 Å². The molecule has 0 aliphatic carbocycles. The molecule has 1 aromatic carbocycles. The molecule has 1 aromatic heterocycles. The molecular weight excluding hydrogens is 306 g/mol. The van der Waals surface area contributed by atoms with Gasteiger partial charge in [-0.15, -0.1) is 0 Å². The van der Waals surface area contributed by atoms with Crippen LogP contribution in [-0.2, 0) is 0 Å². The molecule has 7 nitrogen and oxygen atoms in total. The number of rotatable bonds is 5. The lowest BCUT2D eigenvalue weighted by molar-refractivity contribution is 0.0827. The van der Waals surface area contributed by atoms with Crippen molar-refractivity contribution in [2.24, 2.45) is 0 Å². The Morgan fingerprint density at radius 2 is 2.04 bits per heavy atom. The second-order valence-electron chi connectivity index (χ2n) is 5.22. The van der Waals surface area contributed by atoms with Crippen molar-refractivity contribution >= 4 is 23.1 Å². The van der Waals surface area contributed by atoms with Gasteiger partial charge in [-0.3, -0.25) is 4.79 Å². The molecule has 2 aromatic rings. The van der Waals surface area contributed by atoms with Crippen molar-refractivity contribution in [1.29, 1.82) is 5.26 Å². The van der Waals surface area contributed by atoms with E-state index in [0.717, 1.165) is 5.69 Å². The molecule has 0 aliphatic rings. The minimum atomic E-state index is -0.0686. The number of hydrogen-bond donors (Lipinski definition) is 2. The number of nitrogen functional groups attached to an aromatic ring is 1. The Morgan fingerprint density at radius 3 is 2.58 bits per heavy atom. The number of anilines is 3. The van der Waals surface area contributed by atoms with E-state index < -0.39 is 0 Å². The number of amides is 1. The molecule has 124 valence electrons. The standard InChI is InChI=1S/C17H19N5O2/c1-4-24-16-13(10-18)14(19)9-15(21-16)20-12-7-5-11(6-8-12)17(23)22(2)3/h5-9H,4H2,1-3H3,(H3,19,20,21). The molecule has 24 heavy (non-hydrogen) atoms. The molecule has 7 heteroatoms. The third-order valence-electron chi connectivity index (χ3n) is 3.22. The highest BCUT2D eigenvalue weighted by Gasteiger charge is 2.12. The number of carbonyl (C=O) groups excluding carboxylic acids is 1. The summed E-state index contributed by atoms with van der Waals surface area (Å²) in [5.41, 5.74) is 7.72. The first-order chi connectivity index (χ1) is 11.5. The van der Waals surface area contributed by atoms with Gasteiger partial charge in [-0.2, -0.15) is 10.2 Å². The number of nitrogens with zero attached hydrogens (tertiary/aromatic N) is 3. The zero-order chi connectivity index (χ0) is 17.7. The number of nitriles is 1. The summed E-state index contributed by atoms with van der Waals surface area (Å²) in [7, 11) is 3.40. The maximum Gasteiger partial charge on any atom is 0.253 e. The van der Waals surface area contributed by atoms with E-state index in [1.807, 2.05) is 6.07 Å². The van der Waals surface area contributed by atoms with Gasteiger partial charge in [0.1, 0.15) is 17.5 Å². The lowest BCUT2D eigenvalue weighted by Gasteiger charge is -2.12. The summed E-state index contributed by atoms with van der Waals surface area (Å²) < 4.78 is 5.36. The first-order valence-corrected chi connectivity index (χ1v) is 7.38. The number of ether oxygens (including phenoxy) is 1. The Labute approximate surface area is 140 Å². The Bertz CT molecular complexity index is 779. The quantitative estimate of drug-likeness (QED) is 0.874. The molecule has 0 saturated carbocycles. The number of benzene rings is 1. The molecule has 0 aliphatic heterocycles. The van der Waals surface area contributed by atoms with Crippen LogP contribution in [-0.4, -0.2) is 36.5 Å². The van der Waals surface area contributed by atoms with Crippen LogP contribution in [0.25, 0.3) is 0 Å². The fourth-order valence-electron chi connectivity index (χ4n) is 2.06. The number of hydrogen-bond acceptors (Lipinski definition) is 6. The van der Waals surface area contributed by atoms with Gasteiger partial charge in [0.15, 0.2) is 0 Å². The van der Waals surface area contributed by atoms with Crippen molar-refractivity contribution in [3.8, 4) is 11.9 Å². The molecule has 0 unspecified atom stereocenters. The summed E-state index contributed by atoms with van der Waals surface area (Å²) >= 11 is 0. The lowest BCUT2D eigenvalue weighted by atomic mass is 10.2. The number of aromatic nitrogens is 1. The number of nitrogens with two attached hydrogens (primary N) is 1. The van der Waals surface area contributed by atoms with Crippen LogP contribution in [0.15, 0.2) is 30.3 Å². The second-order valence-corrected chi connectivity index (χ2v) is 5.22. The van der Waals surface area contributed by atoms with E-state index in [1.54, 1.807) is 51.4 Å². The predicted octanol–water partition coefficient (Wildman–Crippen LogP) is 2.38. The monoisotopic (exact) mass is 325 g/mol. The first-order valence-electron chi connectivity index (χ1n) is 7.38. The predicted molar refractivity (Wildman–Crippen MR) is 92.3 cm³/mol. The van der Waals surface area contributed by atoms with Gasteiger partial charge in [-0.25, -0.2) is 0 Å². The maximum absolute atomic E-state index is 11.9. The minimum absolute atomic E-state index is 0.0686. The van der Waals surface area contributed by atoms with Gasteiger partial charge in [0.05, 0.1) is 12.3 Å². The molecule has 0 radical (unpaired) electrons. The molecule has 2 rings (SSSR count). The van der Waals surface area contributed by atoms with Gasteiger partial charge in [0, 0.05) is 31.4 Å². The van der Waals surface area contributed by atoms with Crippen LogP contribution in [0, 0.1) is 11.3 Å². The van der Waals surface area contributed by atoms with Crippen LogP contribution >= 0.6 is 0 Å². The molecule has 0 atom stereocenters. The normalized spacial score (nSPS) is 9.92. The Kier molecular flexibility index (Phi) is 5.22. The van der Waals surface area contributed by atoms with Gasteiger partial charge in [-0.05, 0) is 31.2 Å². The molecular formula is C17H19N5O2. The summed E-state index contributed by atoms with van der Waals surface area (Å²) in [6, 6.07) is 10.5. The van der Waals surface area contributed by atoms with Gasteiger partial charge in [-0.1, -0.05) is 0 Å². The maximum atomic E-state index is 11.9. The Hall–Kier alpha value is -3.27. The SMILES string of the molecule is CCOc1nc(Nc2ccc(C(=O)N(C)C)cc2)cc(N)c1C#N. The van der Waals surface area contributed by atoms with E-state index in [0.29, 0.717) is 18.0 Å². The summed E-state index contributed by atoms with van der Waals surface area (Å²) in [6.07, 6.45) is 0. The largest absolute Gasteiger partial charge is 0.477 e. The molecule has 3 N–H and O–H groups in total. The molecule has 1 amide bonds. The molecule has 0 saturated heterocycles. The van der Waals surface area contributed by atoms with Crippen molar-refractivity contribution in [3.63, 3.8) is 0 Å². The van der Waals surface area contributed by atoms with E-state index in [1.165, 1.54) is 4.90 Å².